The van der Waals surface area contributed by atoms with Gasteiger partial charge in [0.2, 0.25) is 0 Å². The molecule has 104 valence electrons. The van der Waals surface area contributed by atoms with E-state index in [1.165, 1.54) is 0 Å². The second-order valence-corrected chi connectivity index (χ2v) is 5.19. The normalized spacial score (nSPS) is 12.6. The number of benzene rings is 1. The van der Waals surface area contributed by atoms with E-state index >= 15 is 0 Å². The van der Waals surface area contributed by atoms with E-state index in [0.29, 0.717) is 5.56 Å². The van der Waals surface area contributed by atoms with Crippen LogP contribution in [0.2, 0.25) is 0 Å². The van der Waals surface area contributed by atoms with E-state index in [-0.39, 0.29) is 6.42 Å². The van der Waals surface area contributed by atoms with Crippen LogP contribution in [-0.4, -0.2) is 17.5 Å². The zero-order valence-corrected chi connectivity index (χ0v) is 11.4. The van der Waals surface area contributed by atoms with Crippen LogP contribution in [0.3, 0.4) is 0 Å². The van der Waals surface area contributed by atoms with Gasteiger partial charge < -0.3 is 9.57 Å². The fourth-order valence-electron chi connectivity index (χ4n) is 1.61. The summed E-state index contributed by atoms with van der Waals surface area (Å²) in [6, 6.07) is 8.94. The van der Waals surface area contributed by atoms with Crippen molar-refractivity contribution in [3.63, 3.8) is 0 Å². The van der Waals surface area contributed by atoms with Gasteiger partial charge in [-0.3, -0.25) is 9.59 Å². The minimum atomic E-state index is -0.712. The molecular formula is C14H19NO4. The molecule has 0 aliphatic carbocycles. The molecule has 0 aliphatic heterocycles. The number of hydrogen-bond acceptors (Lipinski definition) is 5. The molecule has 5 nitrogen and oxygen atoms in total. The summed E-state index contributed by atoms with van der Waals surface area (Å²) in [4.78, 5) is 27.6. The second kappa shape index (κ2) is 6.33. The highest BCUT2D eigenvalue weighted by Crippen LogP contribution is 2.24. The van der Waals surface area contributed by atoms with Gasteiger partial charge in [0.05, 0.1) is 12.3 Å². The first-order valence-electron chi connectivity index (χ1n) is 6.01. The molecule has 0 spiro atoms. The average Bonchev–Trinajstić information content (AvgIpc) is 2.34. The summed E-state index contributed by atoms with van der Waals surface area (Å²) in [6.07, 6.45) is -0.143. The molecule has 2 N–H and O–H groups in total. The summed E-state index contributed by atoms with van der Waals surface area (Å²) < 4.78 is 5.31. The Kier molecular flexibility index (Phi) is 5.06. The number of carbonyl (C=O) groups is 2. The SMILES string of the molecule is CC(C)(C)OC(=O)C(CC(=O)ON)c1ccccc1. The van der Waals surface area contributed by atoms with E-state index < -0.39 is 23.5 Å². The van der Waals surface area contributed by atoms with Crippen LogP contribution in [0, 0.1) is 0 Å². The van der Waals surface area contributed by atoms with Gasteiger partial charge >= 0.3 is 11.9 Å². The molecule has 19 heavy (non-hydrogen) atoms. The van der Waals surface area contributed by atoms with Crippen molar-refractivity contribution in [2.75, 3.05) is 0 Å². The predicted octanol–water partition coefficient (Wildman–Crippen LogP) is 1.92. The van der Waals surface area contributed by atoms with Crippen molar-refractivity contribution in [3.8, 4) is 0 Å². The summed E-state index contributed by atoms with van der Waals surface area (Å²) in [7, 11) is 0. The summed E-state index contributed by atoms with van der Waals surface area (Å²) >= 11 is 0. The molecule has 1 rings (SSSR count). The van der Waals surface area contributed by atoms with Crippen LogP contribution in [0.5, 0.6) is 0 Å². The van der Waals surface area contributed by atoms with Crippen LogP contribution < -0.4 is 5.90 Å². The number of nitrogens with two attached hydrogens (primary N) is 1. The molecule has 1 aromatic rings. The third-order valence-corrected chi connectivity index (χ3v) is 2.40. The van der Waals surface area contributed by atoms with Crippen LogP contribution in [-0.2, 0) is 19.2 Å². The quantitative estimate of drug-likeness (QED) is 0.664. The minimum Gasteiger partial charge on any atom is -0.459 e. The molecule has 1 atom stereocenters. The molecule has 0 bridgehead atoms. The first-order chi connectivity index (χ1) is 8.83. The Morgan fingerprint density at radius 2 is 1.79 bits per heavy atom. The smallest absolute Gasteiger partial charge is 0.325 e. The molecule has 1 aromatic carbocycles. The summed E-state index contributed by atoms with van der Waals surface area (Å²) in [5, 5.41) is 0. The van der Waals surface area contributed by atoms with Gasteiger partial charge in [0.25, 0.3) is 0 Å². The average molecular weight is 265 g/mol. The van der Waals surface area contributed by atoms with Crippen LogP contribution >= 0.6 is 0 Å². The third kappa shape index (κ3) is 5.09. The number of rotatable bonds is 4. The predicted molar refractivity (Wildman–Crippen MR) is 69.9 cm³/mol. The first-order valence-corrected chi connectivity index (χ1v) is 6.01. The van der Waals surface area contributed by atoms with E-state index in [1.54, 1.807) is 45.0 Å². The highest BCUT2D eigenvalue weighted by Gasteiger charge is 2.29. The third-order valence-electron chi connectivity index (χ3n) is 2.40. The van der Waals surface area contributed by atoms with Gasteiger partial charge in [-0.2, -0.15) is 5.90 Å². The largest absolute Gasteiger partial charge is 0.459 e. The van der Waals surface area contributed by atoms with Crippen LogP contribution in [0.4, 0.5) is 0 Å². The Morgan fingerprint density at radius 1 is 1.21 bits per heavy atom. The lowest BCUT2D eigenvalue weighted by molar-refractivity contribution is -0.160. The van der Waals surface area contributed by atoms with Gasteiger partial charge in [-0.1, -0.05) is 30.3 Å². The van der Waals surface area contributed by atoms with E-state index in [1.807, 2.05) is 6.07 Å². The number of hydrogen-bond donors (Lipinski definition) is 1. The Morgan fingerprint density at radius 3 is 2.26 bits per heavy atom. The van der Waals surface area contributed by atoms with Gasteiger partial charge in [0.15, 0.2) is 0 Å². The maximum atomic E-state index is 12.1. The molecule has 0 radical (unpaired) electrons. The van der Waals surface area contributed by atoms with Crippen molar-refractivity contribution >= 4 is 11.9 Å². The van der Waals surface area contributed by atoms with Crippen molar-refractivity contribution in [1.29, 1.82) is 0 Å². The zero-order valence-electron chi connectivity index (χ0n) is 11.4. The molecular weight excluding hydrogens is 246 g/mol. The molecule has 0 saturated carbocycles. The van der Waals surface area contributed by atoms with Gasteiger partial charge in [0.1, 0.15) is 5.60 Å². The molecule has 0 aliphatic rings. The molecule has 0 aromatic heterocycles. The lowest BCUT2D eigenvalue weighted by atomic mass is 9.95. The maximum absolute atomic E-state index is 12.1. The molecule has 1 unspecified atom stereocenters. The first kappa shape index (κ1) is 15.2. The van der Waals surface area contributed by atoms with Crippen molar-refractivity contribution in [1.82, 2.24) is 0 Å². The van der Waals surface area contributed by atoms with Crippen LogP contribution in [0.25, 0.3) is 0 Å². The van der Waals surface area contributed by atoms with Crippen LogP contribution in [0.15, 0.2) is 30.3 Å². The van der Waals surface area contributed by atoms with Gasteiger partial charge in [-0.25, -0.2) is 0 Å². The second-order valence-electron chi connectivity index (χ2n) is 5.19. The van der Waals surface area contributed by atoms with Crippen molar-refractivity contribution in [2.45, 2.75) is 38.7 Å². The summed E-state index contributed by atoms with van der Waals surface area (Å²) in [5.41, 5.74) is 0.0821. The molecule has 0 fully saturated rings. The highest BCUT2D eigenvalue weighted by atomic mass is 16.7. The molecule has 0 amide bonds. The Bertz CT molecular complexity index is 437. The van der Waals surface area contributed by atoms with Crippen molar-refractivity contribution in [2.24, 2.45) is 5.90 Å². The van der Waals surface area contributed by atoms with Gasteiger partial charge in [-0.15, -0.1) is 0 Å². The van der Waals surface area contributed by atoms with Gasteiger partial charge in [-0.05, 0) is 26.3 Å². The Balaban J connectivity index is 2.93. The monoisotopic (exact) mass is 265 g/mol. The van der Waals surface area contributed by atoms with Crippen molar-refractivity contribution < 1.29 is 19.2 Å². The number of esters is 1. The lowest BCUT2D eigenvalue weighted by Gasteiger charge is -2.23. The summed E-state index contributed by atoms with van der Waals surface area (Å²) in [5.74, 6) is 2.99. The number of ether oxygens (including phenoxy) is 1. The standard InChI is InChI=1S/C14H19NO4/c1-14(2,3)18-13(17)11(9-12(16)19-15)10-7-5-4-6-8-10/h4-8,11H,9,15H2,1-3H3. The zero-order chi connectivity index (χ0) is 14.5. The fourth-order valence-corrected chi connectivity index (χ4v) is 1.61. The highest BCUT2D eigenvalue weighted by molar-refractivity contribution is 5.84. The van der Waals surface area contributed by atoms with E-state index in [2.05, 4.69) is 4.84 Å². The lowest BCUT2D eigenvalue weighted by Crippen LogP contribution is -2.29. The van der Waals surface area contributed by atoms with Gasteiger partial charge in [0, 0.05) is 0 Å². The van der Waals surface area contributed by atoms with Crippen molar-refractivity contribution in [3.05, 3.63) is 35.9 Å². The Hall–Kier alpha value is -1.88. The molecule has 0 saturated heterocycles. The van der Waals surface area contributed by atoms with E-state index in [4.69, 9.17) is 10.6 Å². The fraction of sp³-hybridized carbons (Fsp3) is 0.429. The molecule has 0 heterocycles. The maximum Gasteiger partial charge on any atom is 0.325 e. The topological polar surface area (TPSA) is 78.6 Å². The van der Waals surface area contributed by atoms with E-state index in [9.17, 15) is 9.59 Å². The summed E-state index contributed by atoms with van der Waals surface area (Å²) in [6.45, 7) is 5.32. The van der Waals surface area contributed by atoms with E-state index in [0.717, 1.165) is 0 Å². The molecule has 5 heteroatoms. The minimum absolute atomic E-state index is 0.143. The van der Waals surface area contributed by atoms with Crippen LogP contribution in [0.1, 0.15) is 38.7 Å². The number of carbonyl (C=O) groups excluding carboxylic acids is 2. The Labute approximate surface area is 112 Å².